The molecule has 0 spiro atoms. The maximum absolute atomic E-state index is 11.8. The van der Waals surface area contributed by atoms with Gasteiger partial charge in [-0.05, 0) is 27.8 Å². The molecule has 3 atom stereocenters. The van der Waals surface area contributed by atoms with E-state index in [-0.39, 0.29) is 12.5 Å². The summed E-state index contributed by atoms with van der Waals surface area (Å²) in [5.74, 6) is -3.06. The van der Waals surface area contributed by atoms with Crippen LogP contribution in [0.1, 0.15) is 20.8 Å². The van der Waals surface area contributed by atoms with Gasteiger partial charge in [0.25, 0.3) is 0 Å². The number of likely N-dealkylation sites (N-methyl/N-ethyl adjacent to an activating group) is 1. The smallest absolute Gasteiger partial charge is 0.343 e. The Morgan fingerprint density at radius 1 is 0.955 bits per heavy atom. The summed E-state index contributed by atoms with van der Waals surface area (Å²) in [4.78, 5) is 52.6. The van der Waals surface area contributed by atoms with Gasteiger partial charge in [-0.25, -0.2) is 0 Å². The predicted molar refractivity (Wildman–Crippen MR) is 78.8 cm³/mol. The highest BCUT2D eigenvalue weighted by molar-refractivity contribution is 7.52. The lowest BCUT2D eigenvalue weighted by molar-refractivity contribution is -0.131. The van der Waals surface area contributed by atoms with Crippen LogP contribution in [0, 0.1) is 0 Å². The van der Waals surface area contributed by atoms with E-state index in [0.29, 0.717) is 0 Å². The van der Waals surface area contributed by atoms with Crippen molar-refractivity contribution < 1.29 is 28.7 Å². The van der Waals surface area contributed by atoms with Gasteiger partial charge in [0, 0.05) is 0 Å². The van der Waals surface area contributed by atoms with E-state index in [9.17, 15) is 18.9 Å². The highest BCUT2D eigenvalue weighted by atomic mass is 31.2. The van der Waals surface area contributed by atoms with E-state index in [4.69, 9.17) is 9.79 Å². The van der Waals surface area contributed by atoms with E-state index in [1.165, 1.54) is 13.8 Å². The van der Waals surface area contributed by atoms with Gasteiger partial charge < -0.3 is 31.1 Å². The summed E-state index contributed by atoms with van der Waals surface area (Å²) in [6.07, 6.45) is 0. The topological polar surface area (TPSA) is 157 Å². The second-order valence-corrected chi connectivity index (χ2v) is 6.78. The Morgan fingerprint density at radius 3 is 1.86 bits per heavy atom. The molecular formula is C11H23N4O6P. The van der Waals surface area contributed by atoms with Crippen LogP contribution in [0.15, 0.2) is 0 Å². The number of rotatable bonds is 8. The van der Waals surface area contributed by atoms with Crippen molar-refractivity contribution in [2.45, 2.75) is 38.6 Å². The summed E-state index contributed by atoms with van der Waals surface area (Å²) >= 11 is 0. The molecule has 6 N–H and O–H groups in total. The van der Waals surface area contributed by atoms with Crippen LogP contribution < -0.4 is 21.3 Å². The zero-order chi connectivity index (χ0) is 17.5. The molecule has 11 heteroatoms. The largest absolute Gasteiger partial charge is 0.347 e. The van der Waals surface area contributed by atoms with Crippen molar-refractivity contribution in [1.29, 1.82) is 0 Å². The summed E-state index contributed by atoms with van der Waals surface area (Å²) in [5.41, 5.74) is 0. The van der Waals surface area contributed by atoms with Crippen molar-refractivity contribution >= 4 is 25.3 Å². The van der Waals surface area contributed by atoms with Crippen molar-refractivity contribution in [3.05, 3.63) is 0 Å². The summed E-state index contributed by atoms with van der Waals surface area (Å²) in [6, 6.07) is -1.86. The molecule has 22 heavy (non-hydrogen) atoms. The van der Waals surface area contributed by atoms with Crippen LogP contribution in [0.5, 0.6) is 0 Å². The molecule has 0 fully saturated rings. The van der Waals surface area contributed by atoms with Crippen LogP contribution >= 0.6 is 7.60 Å². The van der Waals surface area contributed by atoms with Crippen molar-refractivity contribution in [2.24, 2.45) is 0 Å². The Balaban J connectivity index is 4.43. The van der Waals surface area contributed by atoms with E-state index in [1.807, 2.05) is 0 Å². The van der Waals surface area contributed by atoms with E-state index < -0.39 is 37.3 Å². The molecule has 0 bridgehead atoms. The Kier molecular flexibility index (Phi) is 8.25. The molecule has 3 amide bonds. The molecule has 0 heterocycles. The molecule has 128 valence electrons. The van der Waals surface area contributed by atoms with Crippen molar-refractivity contribution in [2.75, 3.05) is 13.6 Å². The zero-order valence-corrected chi connectivity index (χ0v) is 13.8. The van der Waals surface area contributed by atoms with Gasteiger partial charge in [0.1, 0.15) is 17.9 Å². The van der Waals surface area contributed by atoms with Gasteiger partial charge >= 0.3 is 7.60 Å². The molecule has 0 aliphatic rings. The fourth-order valence-corrected chi connectivity index (χ4v) is 1.63. The third kappa shape index (κ3) is 7.51. The highest BCUT2D eigenvalue weighted by Crippen LogP contribution is 2.38. The molecule has 0 rings (SSSR count). The standard InChI is InChI=1S/C11H23N4O6P/c1-6(13-9(16)5-12-4)10(17)14-7(2)11(18)15-8(3)22(19,20)21/h6-8,12H,5H2,1-4H3,(H,13,16)(H,14,17)(H,15,18)(H2,19,20,21)/t6-,7-,8-/m0/s1. The summed E-state index contributed by atoms with van der Waals surface area (Å²) in [5, 5.41) is 9.50. The van der Waals surface area contributed by atoms with Gasteiger partial charge in [-0.2, -0.15) is 0 Å². The molecule has 0 saturated heterocycles. The van der Waals surface area contributed by atoms with E-state index in [2.05, 4.69) is 21.3 Å². The van der Waals surface area contributed by atoms with E-state index in [0.717, 1.165) is 6.92 Å². The average molecular weight is 338 g/mol. The first kappa shape index (κ1) is 20.5. The fraction of sp³-hybridized carbons (Fsp3) is 0.727. The van der Waals surface area contributed by atoms with Gasteiger partial charge in [0.2, 0.25) is 17.7 Å². The van der Waals surface area contributed by atoms with Gasteiger partial charge in [-0.3, -0.25) is 18.9 Å². The number of hydrogen-bond donors (Lipinski definition) is 6. The molecule has 0 aromatic rings. The van der Waals surface area contributed by atoms with Crippen LogP contribution in [-0.2, 0) is 18.9 Å². The Hall–Kier alpha value is -1.48. The number of carbonyl (C=O) groups is 3. The van der Waals surface area contributed by atoms with Gasteiger partial charge in [0.15, 0.2) is 0 Å². The molecule has 0 radical (unpaired) electrons. The molecule has 0 saturated carbocycles. The van der Waals surface area contributed by atoms with Crippen molar-refractivity contribution in [3.8, 4) is 0 Å². The van der Waals surface area contributed by atoms with E-state index in [1.54, 1.807) is 7.05 Å². The normalized spacial score (nSPS) is 15.4. The van der Waals surface area contributed by atoms with Crippen molar-refractivity contribution in [1.82, 2.24) is 21.3 Å². The van der Waals surface area contributed by atoms with E-state index >= 15 is 0 Å². The maximum Gasteiger partial charge on any atom is 0.347 e. The van der Waals surface area contributed by atoms with Crippen LogP contribution in [0.4, 0.5) is 0 Å². The number of hydrogen-bond acceptors (Lipinski definition) is 5. The zero-order valence-electron chi connectivity index (χ0n) is 12.9. The first-order valence-corrected chi connectivity index (χ1v) is 8.27. The molecule has 0 aliphatic heterocycles. The maximum atomic E-state index is 11.8. The van der Waals surface area contributed by atoms with Crippen molar-refractivity contribution in [3.63, 3.8) is 0 Å². The minimum atomic E-state index is -4.44. The minimum absolute atomic E-state index is 0.0491. The summed E-state index contributed by atoms with van der Waals surface area (Å²) in [6.45, 7) is 4.02. The summed E-state index contributed by atoms with van der Waals surface area (Å²) < 4.78 is 10.9. The lowest BCUT2D eigenvalue weighted by Gasteiger charge is -2.21. The first-order chi connectivity index (χ1) is 9.98. The molecular weight excluding hydrogens is 315 g/mol. The molecule has 10 nitrogen and oxygen atoms in total. The molecule has 0 aliphatic carbocycles. The Morgan fingerprint density at radius 2 is 1.41 bits per heavy atom. The quantitative estimate of drug-likeness (QED) is 0.276. The van der Waals surface area contributed by atoms with Crippen LogP contribution in [-0.4, -0.2) is 59.0 Å². The number of nitrogens with one attached hydrogen (secondary N) is 4. The number of carbonyl (C=O) groups excluding carboxylic acids is 3. The van der Waals surface area contributed by atoms with Crippen LogP contribution in [0.3, 0.4) is 0 Å². The monoisotopic (exact) mass is 338 g/mol. The molecule has 0 aromatic heterocycles. The third-order valence-electron chi connectivity index (χ3n) is 2.72. The third-order valence-corrected chi connectivity index (χ3v) is 3.85. The minimum Gasteiger partial charge on any atom is -0.343 e. The van der Waals surface area contributed by atoms with Gasteiger partial charge in [-0.15, -0.1) is 0 Å². The van der Waals surface area contributed by atoms with Crippen LogP contribution in [0.2, 0.25) is 0 Å². The fourth-order valence-electron chi connectivity index (χ4n) is 1.34. The molecule has 0 aromatic carbocycles. The Bertz CT molecular complexity index is 465. The van der Waals surface area contributed by atoms with Crippen LogP contribution in [0.25, 0.3) is 0 Å². The average Bonchev–Trinajstić information content (AvgIpc) is 2.37. The predicted octanol–water partition coefficient (Wildman–Crippen LogP) is -2.14. The van der Waals surface area contributed by atoms with Gasteiger partial charge in [0.05, 0.1) is 6.54 Å². The lowest BCUT2D eigenvalue weighted by Crippen LogP contribution is -2.53. The first-order valence-electron chi connectivity index (χ1n) is 6.59. The SMILES string of the molecule is CNCC(=O)N[C@@H](C)C(=O)N[C@@H](C)C(=O)N[C@H](C)P(=O)(O)O. The second-order valence-electron chi connectivity index (χ2n) is 4.82. The second kappa shape index (κ2) is 8.84. The lowest BCUT2D eigenvalue weighted by atomic mass is 10.2. The highest BCUT2D eigenvalue weighted by Gasteiger charge is 2.28. The molecule has 0 unspecified atom stereocenters. The summed E-state index contributed by atoms with van der Waals surface area (Å²) in [7, 11) is -2.86. The van der Waals surface area contributed by atoms with Gasteiger partial charge in [-0.1, -0.05) is 0 Å². The Labute approximate surface area is 128 Å². The number of amides is 3.